The van der Waals surface area contributed by atoms with E-state index in [2.05, 4.69) is 11.9 Å². The Kier molecular flexibility index (Phi) is 2.90. The van der Waals surface area contributed by atoms with Crippen LogP contribution in [0.3, 0.4) is 0 Å². The van der Waals surface area contributed by atoms with Crippen LogP contribution in [0.25, 0.3) is 0 Å². The molecule has 1 saturated carbocycles. The maximum absolute atomic E-state index is 5.65. The highest BCUT2D eigenvalue weighted by molar-refractivity contribution is 5.66. The van der Waals surface area contributed by atoms with Gasteiger partial charge in [0, 0.05) is 11.6 Å². The van der Waals surface area contributed by atoms with Gasteiger partial charge in [0.2, 0.25) is 0 Å². The van der Waals surface area contributed by atoms with Crippen molar-refractivity contribution in [3.05, 3.63) is 12.5 Å². The normalized spacial score (nSPS) is 30.8. The summed E-state index contributed by atoms with van der Waals surface area (Å²) >= 11 is 0. The van der Waals surface area contributed by atoms with Crippen molar-refractivity contribution in [2.24, 2.45) is 10.4 Å². The fourth-order valence-electron chi connectivity index (χ4n) is 2.48. The summed E-state index contributed by atoms with van der Waals surface area (Å²) in [6, 6.07) is 0. The van der Waals surface area contributed by atoms with E-state index in [0.717, 1.165) is 0 Å². The zero-order valence-corrected chi connectivity index (χ0v) is 8.91. The van der Waals surface area contributed by atoms with E-state index in [1.165, 1.54) is 38.5 Å². The molecule has 1 aliphatic carbocycles. The molecular weight excluding hydrogens is 174 g/mol. The third-order valence-electron chi connectivity index (χ3n) is 3.53. The van der Waals surface area contributed by atoms with Crippen LogP contribution in [0.5, 0.6) is 0 Å². The maximum Gasteiger partial charge on any atom is 0.138 e. The molecule has 0 radical (unpaired) electrons. The quantitative estimate of drug-likeness (QED) is 0.585. The molecule has 2 heteroatoms. The Balaban J connectivity index is 2.05. The number of ether oxygens (including phenoxy) is 1. The van der Waals surface area contributed by atoms with Gasteiger partial charge in [-0.25, -0.2) is 0 Å². The average Bonchev–Trinajstić information content (AvgIpc) is 2.46. The first-order valence-electron chi connectivity index (χ1n) is 5.65. The van der Waals surface area contributed by atoms with E-state index in [1.54, 1.807) is 12.5 Å². The van der Waals surface area contributed by atoms with E-state index in [4.69, 9.17) is 4.74 Å². The summed E-state index contributed by atoms with van der Waals surface area (Å²) in [5.41, 5.74) is 0.310. The van der Waals surface area contributed by atoms with E-state index < -0.39 is 0 Å². The van der Waals surface area contributed by atoms with E-state index >= 15 is 0 Å². The Labute approximate surface area is 86.1 Å². The lowest BCUT2D eigenvalue weighted by molar-refractivity contribution is 0.0627. The lowest BCUT2D eigenvalue weighted by Gasteiger charge is -2.34. The van der Waals surface area contributed by atoms with Gasteiger partial charge in [-0.2, -0.15) is 0 Å². The second kappa shape index (κ2) is 4.16. The lowest BCUT2D eigenvalue weighted by atomic mass is 9.77. The molecule has 0 aromatic carbocycles. The van der Waals surface area contributed by atoms with Gasteiger partial charge in [0.15, 0.2) is 0 Å². The van der Waals surface area contributed by atoms with Crippen LogP contribution in [0.1, 0.15) is 45.4 Å². The van der Waals surface area contributed by atoms with Gasteiger partial charge in [-0.05, 0) is 12.8 Å². The van der Waals surface area contributed by atoms with Crippen molar-refractivity contribution in [1.82, 2.24) is 0 Å². The Hall–Kier alpha value is -0.790. The fourth-order valence-corrected chi connectivity index (χ4v) is 2.48. The molecule has 78 valence electrons. The van der Waals surface area contributed by atoms with Crippen LogP contribution in [-0.4, -0.2) is 12.3 Å². The Bertz CT molecular complexity index is 237. The number of hydrogen-bond donors (Lipinski definition) is 0. The number of nitrogens with zero attached hydrogens (tertiary/aromatic N) is 1. The highest BCUT2D eigenvalue weighted by Crippen LogP contribution is 2.38. The van der Waals surface area contributed by atoms with Crippen LogP contribution >= 0.6 is 0 Å². The summed E-state index contributed by atoms with van der Waals surface area (Å²) in [5, 5.41) is 0. The molecule has 14 heavy (non-hydrogen) atoms. The molecule has 1 fully saturated rings. The molecule has 0 aromatic rings. The monoisotopic (exact) mass is 193 g/mol. The summed E-state index contributed by atoms with van der Waals surface area (Å²) in [5.74, 6) is 0. The van der Waals surface area contributed by atoms with Gasteiger partial charge in [0.1, 0.15) is 12.4 Å². The highest BCUT2D eigenvalue weighted by Gasteiger charge is 2.35. The van der Waals surface area contributed by atoms with Crippen LogP contribution in [0.2, 0.25) is 0 Å². The first kappa shape index (κ1) is 9.75. The second-order valence-electron chi connectivity index (χ2n) is 4.71. The van der Waals surface area contributed by atoms with Crippen molar-refractivity contribution >= 4 is 6.21 Å². The molecule has 2 rings (SSSR count). The number of aliphatic imine (C=N–C) groups is 1. The van der Waals surface area contributed by atoms with Crippen molar-refractivity contribution in [1.29, 1.82) is 0 Å². The molecule has 0 spiro atoms. The molecule has 1 atom stereocenters. The minimum atomic E-state index is 0.200. The van der Waals surface area contributed by atoms with Gasteiger partial charge in [-0.1, -0.05) is 32.6 Å². The average molecular weight is 193 g/mol. The first-order valence-corrected chi connectivity index (χ1v) is 5.65. The Morgan fingerprint density at radius 2 is 1.93 bits per heavy atom. The van der Waals surface area contributed by atoms with Crippen LogP contribution < -0.4 is 0 Å². The molecule has 1 heterocycles. The van der Waals surface area contributed by atoms with Gasteiger partial charge in [-0.3, -0.25) is 4.99 Å². The Morgan fingerprint density at radius 1 is 1.21 bits per heavy atom. The molecule has 0 bridgehead atoms. The predicted molar refractivity (Wildman–Crippen MR) is 58.3 cm³/mol. The zero-order valence-electron chi connectivity index (χ0n) is 8.91. The van der Waals surface area contributed by atoms with Crippen molar-refractivity contribution in [2.45, 2.75) is 51.6 Å². The molecule has 2 nitrogen and oxygen atoms in total. The molecule has 1 aliphatic heterocycles. The van der Waals surface area contributed by atoms with Gasteiger partial charge < -0.3 is 4.74 Å². The largest absolute Gasteiger partial charge is 0.490 e. The Morgan fingerprint density at radius 3 is 2.50 bits per heavy atom. The van der Waals surface area contributed by atoms with Crippen molar-refractivity contribution in [2.75, 3.05) is 0 Å². The standard InChI is InChI=1S/C12H19NO/c1-12(6-4-2-3-5-7-12)11-10-13-8-9-14-11/h8-11H,2-7H2,1H3. The van der Waals surface area contributed by atoms with Gasteiger partial charge in [-0.15, -0.1) is 0 Å². The van der Waals surface area contributed by atoms with Crippen molar-refractivity contribution < 1.29 is 4.74 Å². The summed E-state index contributed by atoms with van der Waals surface area (Å²) in [6.07, 6.45) is 13.6. The first-order chi connectivity index (χ1) is 6.81. The van der Waals surface area contributed by atoms with Crippen LogP contribution in [0.4, 0.5) is 0 Å². The topological polar surface area (TPSA) is 21.6 Å². The van der Waals surface area contributed by atoms with Gasteiger partial charge >= 0.3 is 0 Å². The van der Waals surface area contributed by atoms with E-state index in [0.29, 0.717) is 5.41 Å². The molecular formula is C12H19NO. The molecule has 1 unspecified atom stereocenters. The third-order valence-corrected chi connectivity index (χ3v) is 3.53. The third kappa shape index (κ3) is 1.99. The number of hydrogen-bond acceptors (Lipinski definition) is 2. The molecule has 0 amide bonds. The highest BCUT2D eigenvalue weighted by atomic mass is 16.5. The SMILES string of the molecule is CC1(C2C=NC=CO2)CCCCCC1. The van der Waals surface area contributed by atoms with E-state index in [1.807, 2.05) is 6.21 Å². The van der Waals surface area contributed by atoms with Gasteiger partial charge in [0.05, 0.1) is 6.20 Å². The smallest absolute Gasteiger partial charge is 0.138 e. The zero-order chi connectivity index (χ0) is 9.86. The number of rotatable bonds is 1. The molecule has 2 aliphatic rings. The molecule has 0 saturated heterocycles. The summed E-state index contributed by atoms with van der Waals surface area (Å²) in [4.78, 5) is 4.18. The van der Waals surface area contributed by atoms with Crippen molar-refractivity contribution in [3.8, 4) is 0 Å². The minimum Gasteiger partial charge on any atom is -0.490 e. The van der Waals surface area contributed by atoms with Gasteiger partial charge in [0.25, 0.3) is 0 Å². The second-order valence-corrected chi connectivity index (χ2v) is 4.71. The van der Waals surface area contributed by atoms with Crippen LogP contribution in [0.15, 0.2) is 17.5 Å². The van der Waals surface area contributed by atoms with Crippen molar-refractivity contribution in [3.63, 3.8) is 0 Å². The van der Waals surface area contributed by atoms with Crippen LogP contribution in [-0.2, 0) is 4.74 Å². The summed E-state index contributed by atoms with van der Waals surface area (Å²) < 4.78 is 5.65. The molecule has 0 N–H and O–H groups in total. The maximum atomic E-state index is 5.65. The van der Waals surface area contributed by atoms with E-state index in [-0.39, 0.29) is 6.10 Å². The fraction of sp³-hybridized carbons (Fsp3) is 0.750. The van der Waals surface area contributed by atoms with E-state index in [9.17, 15) is 0 Å². The molecule has 0 aromatic heterocycles. The summed E-state index contributed by atoms with van der Waals surface area (Å²) in [7, 11) is 0. The predicted octanol–water partition coefficient (Wildman–Crippen LogP) is 3.29. The minimum absolute atomic E-state index is 0.200. The van der Waals surface area contributed by atoms with Crippen LogP contribution in [0, 0.1) is 5.41 Å². The summed E-state index contributed by atoms with van der Waals surface area (Å²) in [6.45, 7) is 2.34. The lowest BCUT2D eigenvalue weighted by Crippen LogP contribution is -2.35.